The van der Waals surface area contributed by atoms with Crippen molar-refractivity contribution in [3.05, 3.63) is 63.9 Å². The number of nitrogens with zero attached hydrogens (tertiary/aromatic N) is 2. The van der Waals surface area contributed by atoms with Crippen LogP contribution >= 0.6 is 11.3 Å². The second kappa shape index (κ2) is 6.48. The van der Waals surface area contributed by atoms with Gasteiger partial charge in [-0.2, -0.15) is 0 Å². The van der Waals surface area contributed by atoms with Crippen molar-refractivity contribution in [1.82, 2.24) is 9.55 Å². The first-order valence-electron chi connectivity index (χ1n) is 8.50. The van der Waals surface area contributed by atoms with Crippen LogP contribution in [0.4, 0.5) is 0 Å². The summed E-state index contributed by atoms with van der Waals surface area (Å²) in [7, 11) is 0. The van der Waals surface area contributed by atoms with E-state index in [1.165, 1.54) is 17.5 Å². The van der Waals surface area contributed by atoms with E-state index in [1.54, 1.807) is 17.5 Å². The SMILES string of the molecule is Cc1cc(C(=O)COc2ccc3c(c2)CCC3)c(C)n1-c1nccs1. The van der Waals surface area contributed by atoms with E-state index in [2.05, 4.69) is 17.1 Å². The molecule has 1 aromatic carbocycles. The fraction of sp³-hybridized carbons (Fsp3) is 0.300. The fourth-order valence-corrected chi connectivity index (χ4v) is 4.28. The summed E-state index contributed by atoms with van der Waals surface area (Å²) >= 11 is 1.56. The molecule has 5 heteroatoms. The molecule has 4 nitrogen and oxygen atoms in total. The van der Waals surface area contributed by atoms with Crippen molar-refractivity contribution in [2.75, 3.05) is 6.61 Å². The third-order valence-electron chi connectivity index (χ3n) is 4.78. The van der Waals surface area contributed by atoms with Crippen LogP contribution in [0.2, 0.25) is 0 Å². The number of carbonyl (C=O) groups is 1. The molecule has 1 aliphatic rings. The third-order valence-corrected chi connectivity index (χ3v) is 5.54. The summed E-state index contributed by atoms with van der Waals surface area (Å²) in [5, 5.41) is 2.82. The number of Topliss-reactive ketones (excluding diaryl/α,β-unsaturated/α-hetero) is 1. The lowest BCUT2D eigenvalue weighted by Crippen LogP contribution is -2.13. The van der Waals surface area contributed by atoms with Crippen LogP contribution in [0.3, 0.4) is 0 Å². The Labute approximate surface area is 151 Å². The lowest BCUT2D eigenvalue weighted by atomic mass is 10.1. The molecule has 2 heterocycles. The van der Waals surface area contributed by atoms with Crippen LogP contribution in [-0.2, 0) is 12.8 Å². The molecular formula is C20H20N2O2S. The first-order chi connectivity index (χ1) is 12.1. The average Bonchev–Trinajstić information content (AvgIpc) is 3.32. The van der Waals surface area contributed by atoms with Crippen LogP contribution in [0, 0.1) is 13.8 Å². The number of hydrogen-bond donors (Lipinski definition) is 0. The second-order valence-corrected chi connectivity index (χ2v) is 7.30. The highest BCUT2D eigenvalue weighted by atomic mass is 32.1. The van der Waals surface area contributed by atoms with E-state index in [1.807, 2.05) is 35.9 Å². The lowest BCUT2D eigenvalue weighted by Gasteiger charge is -2.08. The van der Waals surface area contributed by atoms with Crippen molar-refractivity contribution in [3.8, 4) is 10.9 Å². The molecule has 0 unspecified atom stereocenters. The summed E-state index contributed by atoms with van der Waals surface area (Å²) in [5.74, 6) is 0.777. The van der Waals surface area contributed by atoms with Crippen LogP contribution in [0.1, 0.15) is 39.3 Å². The average molecular weight is 352 g/mol. The standard InChI is InChI=1S/C20H20N2O2S/c1-13-10-18(14(2)22(13)20-21-8-9-25-20)19(23)12-24-17-7-6-15-4-3-5-16(15)11-17/h6-11H,3-5,12H2,1-2H3. The zero-order valence-corrected chi connectivity index (χ0v) is 15.2. The molecule has 1 aliphatic carbocycles. The van der Waals surface area contributed by atoms with Crippen molar-refractivity contribution < 1.29 is 9.53 Å². The predicted octanol–water partition coefficient (Wildman–Crippen LogP) is 4.30. The van der Waals surface area contributed by atoms with Gasteiger partial charge in [-0.3, -0.25) is 9.36 Å². The second-order valence-electron chi connectivity index (χ2n) is 6.43. The quantitative estimate of drug-likeness (QED) is 0.643. The molecule has 4 rings (SSSR count). The highest BCUT2D eigenvalue weighted by Gasteiger charge is 2.18. The van der Waals surface area contributed by atoms with Crippen molar-refractivity contribution in [3.63, 3.8) is 0 Å². The van der Waals surface area contributed by atoms with Gasteiger partial charge in [0.25, 0.3) is 0 Å². The van der Waals surface area contributed by atoms with Gasteiger partial charge >= 0.3 is 0 Å². The minimum atomic E-state index is -0.00333. The van der Waals surface area contributed by atoms with E-state index < -0.39 is 0 Å². The number of carbonyl (C=O) groups excluding carboxylic acids is 1. The molecule has 0 atom stereocenters. The number of benzene rings is 1. The van der Waals surface area contributed by atoms with Gasteiger partial charge in [0.1, 0.15) is 5.75 Å². The van der Waals surface area contributed by atoms with Gasteiger partial charge in [0.15, 0.2) is 11.7 Å². The van der Waals surface area contributed by atoms with Gasteiger partial charge in [-0.25, -0.2) is 4.98 Å². The summed E-state index contributed by atoms with van der Waals surface area (Å²) in [5.41, 5.74) is 5.38. The number of thiazole rings is 1. The molecule has 0 bridgehead atoms. The predicted molar refractivity (Wildman–Crippen MR) is 99.2 cm³/mol. The molecule has 0 amide bonds. The Bertz CT molecular complexity index is 926. The van der Waals surface area contributed by atoms with Gasteiger partial charge in [0.05, 0.1) is 0 Å². The normalized spacial score (nSPS) is 13.0. The summed E-state index contributed by atoms with van der Waals surface area (Å²) < 4.78 is 7.79. The van der Waals surface area contributed by atoms with Gasteiger partial charge in [0.2, 0.25) is 5.78 Å². The number of rotatable bonds is 5. The Balaban J connectivity index is 1.51. The molecule has 2 aromatic heterocycles. The molecule has 128 valence electrons. The Morgan fingerprint density at radius 1 is 1.24 bits per heavy atom. The topological polar surface area (TPSA) is 44.1 Å². The van der Waals surface area contributed by atoms with Gasteiger partial charge in [0, 0.05) is 28.5 Å². The molecule has 0 N–H and O–H groups in total. The maximum Gasteiger partial charge on any atom is 0.202 e. The smallest absolute Gasteiger partial charge is 0.202 e. The van der Waals surface area contributed by atoms with Crippen molar-refractivity contribution in [2.45, 2.75) is 33.1 Å². The zero-order chi connectivity index (χ0) is 17.4. The maximum absolute atomic E-state index is 12.7. The molecule has 3 aromatic rings. The molecule has 0 saturated heterocycles. The van der Waals surface area contributed by atoms with E-state index in [9.17, 15) is 4.79 Å². The maximum atomic E-state index is 12.7. The number of aromatic nitrogens is 2. The van der Waals surface area contributed by atoms with Crippen LogP contribution in [0.25, 0.3) is 5.13 Å². The van der Waals surface area contributed by atoms with Gasteiger partial charge in [-0.1, -0.05) is 6.07 Å². The van der Waals surface area contributed by atoms with E-state index >= 15 is 0 Å². The minimum absolute atomic E-state index is 0.00333. The molecule has 0 fully saturated rings. The van der Waals surface area contributed by atoms with Gasteiger partial charge in [-0.05, 0) is 62.4 Å². The number of hydrogen-bond acceptors (Lipinski definition) is 4. The Kier molecular flexibility index (Phi) is 4.17. The van der Waals surface area contributed by atoms with Gasteiger partial charge in [-0.15, -0.1) is 11.3 Å². The van der Waals surface area contributed by atoms with Crippen LogP contribution in [0.5, 0.6) is 5.75 Å². The molecule has 0 spiro atoms. The third kappa shape index (κ3) is 3.00. The first kappa shape index (κ1) is 16.1. The van der Waals surface area contributed by atoms with Gasteiger partial charge < -0.3 is 4.74 Å². The molecule has 0 aliphatic heterocycles. The highest BCUT2D eigenvalue weighted by Crippen LogP contribution is 2.27. The van der Waals surface area contributed by atoms with Crippen LogP contribution in [0.15, 0.2) is 35.8 Å². The summed E-state index contributed by atoms with van der Waals surface area (Å²) in [4.78, 5) is 17.0. The van der Waals surface area contributed by atoms with E-state index in [0.29, 0.717) is 5.56 Å². The van der Waals surface area contributed by atoms with E-state index in [4.69, 9.17) is 4.74 Å². The lowest BCUT2D eigenvalue weighted by molar-refractivity contribution is 0.0921. The number of ketones is 1. The molecule has 25 heavy (non-hydrogen) atoms. The summed E-state index contributed by atoms with van der Waals surface area (Å²) in [6, 6.07) is 8.09. The molecular weight excluding hydrogens is 332 g/mol. The number of fused-ring (bicyclic) bond motifs is 1. The molecule has 0 saturated carbocycles. The van der Waals surface area contributed by atoms with E-state index in [-0.39, 0.29) is 12.4 Å². The monoisotopic (exact) mass is 352 g/mol. The number of ether oxygens (including phenoxy) is 1. The zero-order valence-electron chi connectivity index (χ0n) is 14.4. The van der Waals surface area contributed by atoms with Crippen LogP contribution < -0.4 is 4.74 Å². The first-order valence-corrected chi connectivity index (χ1v) is 9.38. The van der Waals surface area contributed by atoms with Crippen molar-refractivity contribution >= 4 is 17.1 Å². The highest BCUT2D eigenvalue weighted by molar-refractivity contribution is 7.12. The summed E-state index contributed by atoms with van der Waals surface area (Å²) in [6.45, 7) is 4.00. The Morgan fingerprint density at radius 3 is 2.88 bits per heavy atom. The Hall–Kier alpha value is -2.40. The fourth-order valence-electron chi connectivity index (χ4n) is 3.53. The minimum Gasteiger partial charge on any atom is -0.485 e. The Morgan fingerprint density at radius 2 is 2.08 bits per heavy atom. The summed E-state index contributed by atoms with van der Waals surface area (Å²) in [6.07, 6.45) is 5.24. The number of aryl methyl sites for hydroxylation is 3. The largest absolute Gasteiger partial charge is 0.485 e. The molecule has 0 radical (unpaired) electrons. The van der Waals surface area contributed by atoms with Crippen molar-refractivity contribution in [1.29, 1.82) is 0 Å². The van der Waals surface area contributed by atoms with Crippen molar-refractivity contribution in [2.24, 2.45) is 0 Å². The van der Waals surface area contributed by atoms with E-state index in [0.717, 1.165) is 35.1 Å². The van der Waals surface area contributed by atoms with Crippen LogP contribution in [-0.4, -0.2) is 21.9 Å².